The van der Waals surface area contributed by atoms with E-state index in [-0.39, 0.29) is 18.1 Å². The number of amides is 1. The van der Waals surface area contributed by atoms with E-state index in [1.807, 2.05) is 11.9 Å². The second-order valence-corrected chi connectivity index (χ2v) is 9.54. The van der Waals surface area contributed by atoms with Crippen LogP contribution in [-0.4, -0.2) is 54.7 Å². The van der Waals surface area contributed by atoms with Crippen LogP contribution >= 0.6 is 23.2 Å². The second-order valence-electron chi connectivity index (χ2n) is 8.73. The van der Waals surface area contributed by atoms with Crippen molar-refractivity contribution in [1.82, 2.24) is 9.80 Å². The molecule has 0 bridgehead atoms. The van der Waals surface area contributed by atoms with Gasteiger partial charge >= 0.3 is 0 Å². The molecule has 4 nitrogen and oxygen atoms in total. The van der Waals surface area contributed by atoms with Crippen LogP contribution in [0.1, 0.15) is 48.8 Å². The Morgan fingerprint density at radius 1 is 1.00 bits per heavy atom. The number of hydrogen-bond acceptors (Lipinski definition) is 3. The van der Waals surface area contributed by atoms with Crippen molar-refractivity contribution >= 4 is 34.9 Å². The van der Waals surface area contributed by atoms with Gasteiger partial charge < -0.3 is 4.90 Å². The van der Waals surface area contributed by atoms with E-state index >= 15 is 0 Å². The zero-order chi connectivity index (χ0) is 23.1. The third-order valence-electron chi connectivity index (χ3n) is 6.14. The molecule has 1 fully saturated rings. The number of carbonyl (C=O) groups excluding carboxylic acids is 2. The normalized spacial score (nSPS) is 14.7. The molecular formula is C26H32Cl2N2O2. The van der Waals surface area contributed by atoms with Gasteiger partial charge in [-0.2, -0.15) is 0 Å². The summed E-state index contributed by atoms with van der Waals surface area (Å²) in [7, 11) is 1.99. The van der Waals surface area contributed by atoms with Gasteiger partial charge in [-0.3, -0.25) is 14.5 Å². The van der Waals surface area contributed by atoms with E-state index in [9.17, 15) is 9.59 Å². The molecule has 1 aliphatic rings. The van der Waals surface area contributed by atoms with Crippen molar-refractivity contribution in [3.05, 3.63) is 69.2 Å². The Labute approximate surface area is 201 Å². The van der Waals surface area contributed by atoms with Crippen molar-refractivity contribution in [1.29, 1.82) is 0 Å². The van der Waals surface area contributed by atoms with Gasteiger partial charge in [0.1, 0.15) is 0 Å². The first-order valence-electron chi connectivity index (χ1n) is 11.4. The second kappa shape index (κ2) is 11.8. The minimum atomic E-state index is 0.0698. The molecule has 2 aromatic rings. The lowest BCUT2D eigenvalue weighted by Crippen LogP contribution is -2.38. The molecule has 2 aromatic carbocycles. The van der Waals surface area contributed by atoms with E-state index < -0.39 is 0 Å². The zero-order valence-electron chi connectivity index (χ0n) is 18.9. The molecule has 1 saturated heterocycles. The van der Waals surface area contributed by atoms with E-state index in [2.05, 4.69) is 36.1 Å². The van der Waals surface area contributed by atoms with Gasteiger partial charge in [0.2, 0.25) is 5.91 Å². The van der Waals surface area contributed by atoms with Gasteiger partial charge in [0, 0.05) is 29.6 Å². The summed E-state index contributed by atoms with van der Waals surface area (Å²) in [4.78, 5) is 29.0. The Hall–Kier alpha value is -1.88. The molecule has 0 spiro atoms. The molecular weight excluding hydrogens is 443 g/mol. The maximum atomic E-state index is 12.8. The lowest BCUT2D eigenvalue weighted by atomic mass is 9.88. The first-order chi connectivity index (χ1) is 15.4. The third kappa shape index (κ3) is 6.81. The first kappa shape index (κ1) is 24.8. The Balaban J connectivity index is 1.49. The number of ketones is 1. The van der Waals surface area contributed by atoms with Gasteiger partial charge in [-0.15, -0.1) is 0 Å². The SMILES string of the molecule is CCCN(C)CC(=O)Cc1ccc(C2CCN(C(=O)Cc3c(Cl)cccc3Cl)CC2)cc1. The summed E-state index contributed by atoms with van der Waals surface area (Å²) in [5.74, 6) is 0.753. The standard InChI is InChI=1S/C26H32Cl2N2O2/c1-3-13-29(2)18-22(31)16-19-7-9-20(10-8-19)21-11-14-30(15-12-21)26(32)17-23-24(27)5-4-6-25(23)28/h4-10,21H,3,11-18H2,1-2H3. The van der Waals surface area contributed by atoms with Crippen LogP contribution in [0.2, 0.25) is 10.0 Å². The van der Waals surface area contributed by atoms with Crippen molar-refractivity contribution in [2.75, 3.05) is 33.2 Å². The van der Waals surface area contributed by atoms with Crippen molar-refractivity contribution < 1.29 is 9.59 Å². The average Bonchev–Trinajstić information content (AvgIpc) is 2.77. The fourth-order valence-corrected chi connectivity index (χ4v) is 4.91. The van der Waals surface area contributed by atoms with Crippen molar-refractivity contribution in [2.24, 2.45) is 0 Å². The molecule has 6 heteroatoms. The maximum Gasteiger partial charge on any atom is 0.227 e. The summed E-state index contributed by atoms with van der Waals surface area (Å²) in [5, 5.41) is 1.08. The minimum absolute atomic E-state index is 0.0698. The van der Waals surface area contributed by atoms with Crippen LogP contribution in [0.25, 0.3) is 0 Å². The topological polar surface area (TPSA) is 40.6 Å². The number of piperidine rings is 1. The molecule has 0 atom stereocenters. The molecule has 3 rings (SSSR count). The predicted molar refractivity (Wildman–Crippen MR) is 132 cm³/mol. The largest absolute Gasteiger partial charge is 0.342 e. The molecule has 0 saturated carbocycles. The van der Waals surface area contributed by atoms with Gasteiger partial charge in [0.15, 0.2) is 5.78 Å². The summed E-state index contributed by atoms with van der Waals surface area (Å²) in [6.07, 6.45) is 3.63. The highest BCUT2D eigenvalue weighted by Gasteiger charge is 2.25. The van der Waals surface area contributed by atoms with Crippen molar-refractivity contribution in [3.63, 3.8) is 0 Å². The van der Waals surface area contributed by atoms with Crippen LogP contribution in [0.4, 0.5) is 0 Å². The Morgan fingerprint density at radius 3 is 2.22 bits per heavy atom. The van der Waals surface area contributed by atoms with E-state index in [4.69, 9.17) is 23.2 Å². The number of nitrogens with zero attached hydrogens (tertiary/aromatic N) is 2. The Kier molecular flexibility index (Phi) is 9.15. The Bertz CT molecular complexity index is 902. The predicted octanol–water partition coefficient (Wildman–Crippen LogP) is 5.40. The minimum Gasteiger partial charge on any atom is -0.342 e. The molecule has 0 aromatic heterocycles. The zero-order valence-corrected chi connectivity index (χ0v) is 20.5. The van der Waals surface area contributed by atoms with Gasteiger partial charge in [-0.05, 0) is 67.6 Å². The average molecular weight is 475 g/mol. The molecule has 1 heterocycles. The van der Waals surface area contributed by atoms with E-state index in [1.165, 1.54) is 5.56 Å². The summed E-state index contributed by atoms with van der Waals surface area (Å²) >= 11 is 12.4. The maximum absolute atomic E-state index is 12.8. The quantitative estimate of drug-likeness (QED) is 0.488. The van der Waals surface area contributed by atoms with Crippen LogP contribution in [0.3, 0.4) is 0 Å². The molecule has 32 heavy (non-hydrogen) atoms. The van der Waals surface area contributed by atoms with E-state index in [0.717, 1.165) is 44.5 Å². The van der Waals surface area contributed by atoms with Gasteiger partial charge in [0.25, 0.3) is 0 Å². The fraction of sp³-hybridized carbons (Fsp3) is 0.462. The lowest BCUT2D eigenvalue weighted by Gasteiger charge is -2.32. The third-order valence-corrected chi connectivity index (χ3v) is 6.85. The molecule has 0 radical (unpaired) electrons. The van der Waals surface area contributed by atoms with E-state index in [1.54, 1.807) is 18.2 Å². The summed E-state index contributed by atoms with van der Waals surface area (Å²) in [6.45, 7) is 5.03. The van der Waals surface area contributed by atoms with Gasteiger partial charge in [-0.1, -0.05) is 60.5 Å². The molecule has 1 aliphatic heterocycles. The number of halogens is 2. The number of Topliss-reactive ketones (excluding diaryl/α,β-unsaturated/α-hetero) is 1. The number of hydrogen-bond donors (Lipinski definition) is 0. The first-order valence-corrected chi connectivity index (χ1v) is 12.1. The molecule has 1 amide bonds. The summed E-state index contributed by atoms with van der Waals surface area (Å²) in [6, 6.07) is 13.8. The molecule has 0 unspecified atom stereocenters. The van der Waals surface area contributed by atoms with Crippen LogP contribution in [0.5, 0.6) is 0 Å². The van der Waals surface area contributed by atoms with Gasteiger partial charge in [0.05, 0.1) is 13.0 Å². The van der Waals surface area contributed by atoms with Crippen molar-refractivity contribution in [2.45, 2.75) is 44.9 Å². The van der Waals surface area contributed by atoms with Crippen molar-refractivity contribution in [3.8, 4) is 0 Å². The molecule has 0 N–H and O–H groups in total. The van der Waals surface area contributed by atoms with E-state index in [0.29, 0.717) is 34.5 Å². The number of benzene rings is 2. The highest BCUT2D eigenvalue weighted by Crippen LogP contribution is 2.30. The monoisotopic (exact) mass is 474 g/mol. The number of carbonyl (C=O) groups is 2. The number of rotatable bonds is 9. The van der Waals surface area contributed by atoms with Crippen LogP contribution in [0.15, 0.2) is 42.5 Å². The number of likely N-dealkylation sites (tertiary alicyclic amines) is 1. The summed E-state index contributed by atoms with van der Waals surface area (Å²) < 4.78 is 0. The number of likely N-dealkylation sites (N-methyl/N-ethyl adjacent to an activating group) is 1. The van der Waals surface area contributed by atoms with Crippen LogP contribution in [0, 0.1) is 0 Å². The highest BCUT2D eigenvalue weighted by molar-refractivity contribution is 6.36. The van der Waals surface area contributed by atoms with Gasteiger partial charge in [-0.25, -0.2) is 0 Å². The fourth-order valence-electron chi connectivity index (χ4n) is 4.38. The van der Waals surface area contributed by atoms with Crippen LogP contribution < -0.4 is 0 Å². The smallest absolute Gasteiger partial charge is 0.227 e. The summed E-state index contributed by atoms with van der Waals surface area (Å²) in [5.41, 5.74) is 3.05. The Morgan fingerprint density at radius 2 is 1.62 bits per heavy atom. The lowest BCUT2D eigenvalue weighted by molar-refractivity contribution is -0.131. The molecule has 0 aliphatic carbocycles. The van der Waals surface area contributed by atoms with Crippen LogP contribution in [-0.2, 0) is 22.4 Å². The highest BCUT2D eigenvalue weighted by atomic mass is 35.5. The molecule has 172 valence electrons.